The van der Waals surface area contributed by atoms with E-state index in [1.165, 1.54) is 0 Å². The molecular formula is C22H27N5O3. The fraction of sp³-hybridized carbons (Fsp3) is 0.545. The smallest absolute Gasteiger partial charge is 0.253 e. The minimum Gasteiger partial charge on any atom is -0.354 e. The van der Waals surface area contributed by atoms with Crippen LogP contribution in [-0.4, -0.2) is 70.2 Å². The molecule has 2 saturated heterocycles. The van der Waals surface area contributed by atoms with E-state index in [2.05, 4.69) is 15.3 Å². The van der Waals surface area contributed by atoms with E-state index >= 15 is 0 Å². The number of rotatable bonds is 2. The average molecular weight is 409 g/mol. The van der Waals surface area contributed by atoms with Gasteiger partial charge in [0.05, 0.1) is 11.0 Å². The van der Waals surface area contributed by atoms with E-state index in [0.717, 1.165) is 36.2 Å². The second-order valence-corrected chi connectivity index (χ2v) is 8.79. The summed E-state index contributed by atoms with van der Waals surface area (Å²) >= 11 is 0. The van der Waals surface area contributed by atoms with E-state index in [0.29, 0.717) is 44.1 Å². The number of nitrogens with one attached hydrogen (secondary N) is 2. The number of imidazole rings is 1. The number of aromatic amines is 1. The Morgan fingerprint density at radius 1 is 1.17 bits per heavy atom. The molecule has 0 unspecified atom stereocenters. The maximum absolute atomic E-state index is 13.1. The quantitative estimate of drug-likeness (QED) is 0.782. The second kappa shape index (κ2) is 7.41. The lowest BCUT2D eigenvalue weighted by molar-refractivity contribution is -0.147. The number of H-pyrrole nitrogens is 1. The van der Waals surface area contributed by atoms with E-state index in [9.17, 15) is 14.4 Å². The van der Waals surface area contributed by atoms with Crippen molar-refractivity contribution in [3.63, 3.8) is 0 Å². The maximum atomic E-state index is 13.1. The maximum Gasteiger partial charge on any atom is 0.253 e. The van der Waals surface area contributed by atoms with Crippen molar-refractivity contribution in [3.8, 4) is 0 Å². The molecule has 1 aromatic carbocycles. The summed E-state index contributed by atoms with van der Waals surface area (Å²) in [5.41, 5.74) is 2.39. The molecule has 2 N–H and O–H groups in total. The Hall–Kier alpha value is -2.90. The molecular weight excluding hydrogens is 382 g/mol. The van der Waals surface area contributed by atoms with Gasteiger partial charge in [0.2, 0.25) is 11.8 Å². The first-order valence-electron chi connectivity index (χ1n) is 10.8. The number of carbonyl (C=O) groups excluding carboxylic acids is 3. The van der Waals surface area contributed by atoms with Crippen LogP contribution in [0.5, 0.6) is 0 Å². The number of benzene rings is 1. The molecule has 5 rings (SSSR count). The predicted octanol–water partition coefficient (Wildman–Crippen LogP) is 1.32. The van der Waals surface area contributed by atoms with E-state index in [1.807, 2.05) is 34.9 Å². The molecule has 3 heterocycles. The largest absolute Gasteiger partial charge is 0.354 e. The van der Waals surface area contributed by atoms with Gasteiger partial charge in [-0.3, -0.25) is 14.4 Å². The van der Waals surface area contributed by atoms with Crippen LogP contribution in [0.15, 0.2) is 18.2 Å². The zero-order valence-corrected chi connectivity index (χ0v) is 17.2. The topological polar surface area (TPSA) is 98.4 Å². The average Bonchev–Trinajstić information content (AvgIpc) is 2.95. The standard InChI is InChI=1S/C22H27N5O3/c1-13-24-18-3-2-15(11-19(18)25-13)21(29)27-7-4-14-10-16(17(14)12-27)22(30)26-8-5-20(28)23-6-9-26/h2-3,11,14,16-17H,4-10,12H2,1H3,(H,23,28)(H,24,25)/t14-,16-,17-/m1/s1. The van der Waals surface area contributed by atoms with Crippen LogP contribution in [0.4, 0.5) is 0 Å². The van der Waals surface area contributed by atoms with E-state index in [4.69, 9.17) is 0 Å². The molecule has 0 bridgehead atoms. The third kappa shape index (κ3) is 3.34. The molecule has 0 spiro atoms. The number of fused-ring (bicyclic) bond motifs is 2. The van der Waals surface area contributed by atoms with Gasteiger partial charge in [0.1, 0.15) is 5.82 Å². The molecule has 3 atom stereocenters. The van der Waals surface area contributed by atoms with Crippen LogP contribution in [0.2, 0.25) is 0 Å². The van der Waals surface area contributed by atoms with Crippen LogP contribution in [0.25, 0.3) is 11.0 Å². The van der Waals surface area contributed by atoms with Gasteiger partial charge in [-0.2, -0.15) is 0 Å². The van der Waals surface area contributed by atoms with Gasteiger partial charge in [0, 0.05) is 50.6 Å². The molecule has 3 fully saturated rings. The minimum absolute atomic E-state index is 0.00986. The predicted molar refractivity (Wildman–Crippen MR) is 111 cm³/mol. The summed E-state index contributed by atoms with van der Waals surface area (Å²) in [6, 6.07) is 5.58. The van der Waals surface area contributed by atoms with Crippen molar-refractivity contribution in [1.82, 2.24) is 25.1 Å². The van der Waals surface area contributed by atoms with Crippen LogP contribution in [-0.2, 0) is 9.59 Å². The summed E-state index contributed by atoms with van der Waals surface area (Å²) in [5.74, 6) is 1.72. The highest BCUT2D eigenvalue weighted by Gasteiger charge is 2.49. The summed E-state index contributed by atoms with van der Waals surface area (Å²) in [5, 5.41) is 2.82. The highest BCUT2D eigenvalue weighted by molar-refractivity contribution is 5.97. The molecule has 3 amide bonds. The number of hydrogen-bond donors (Lipinski definition) is 2. The van der Waals surface area contributed by atoms with Crippen LogP contribution >= 0.6 is 0 Å². The molecule has 158 valence electrons. The van der Waals surface area contributed by atoms with E-state index in [1.54, 1.807) is 0 Å². The number of piperidine rings is 1. The van der Waals surface area contributed by atoms with Crippen LogP contribution in [0.1, 0.15) is 35.4 Å². The van der Waals surface area contributed by atoms with Crippen molar-refractivity contribution in [2.45, 2.75) is 26.2 Å². The highest BCUT2D eigenvalue weighted by Crippen LogP contribution is 2.46. The Morgan fingerprint density at radius 2 is 2.03 bits per heavy atom. The van der Waals surface area contributed by atoms with Crippen molar-refractivity contribution in [3.05, 3.63) is 29.6 Å². The monoisotopic (exact) mass is 409 g/mol. The second-order valence-electron chi connectivity index (χ2n) is 8.79. The normalized spacial score (nSPS) is 26.6. The molecule has 8 heteroatoms. The van der Waals surface area contributed by atoms with Crippen LogP contribution in [0.3, 0.4) is 0 Å². The molecule has 1 aromatic heterocycles. The van der Waals surface area contributed by atoms with Crippen LogP contribution in [0, 0.1) is 24.7 Å². The van der Waals surface area contributed by atoms with Crippen molar-refractivity contribution in [1.29, 1.82) is 0 Å². The first-order chi connectivity index (χ1) is 14.5. The minimum atomic E-state index is -0.0310. The Labute approximate surface area is 175 Å². The SMILES string of the molecule is Cc1nc2ccc(C(=O)N3CC[C@@H]4C[C@@H](C(=O)N5CCNC(=O)CC5)[C@@H]4C3)cc2[nH]1. The molecule has 2 aliphatic heterocycles. The number of carbonyl (C=O) groups is 3. The Bertz CT molecular complexity index is 1020. The number of amides is 3. The van der Waals surface area contributed by atoms with Crippen molar-refractivity contribution < 1.29 is 14.4 Å². The van der Waals surface area contributed by atoms with Crippen molar-refractivity contribution in [2.24, 2.45) is 17.8 Å². The van der Waals surface area contributed by atoms with Gasteiger partial charge in [0.25, 0.3) is 5.91 Å². The number of likely N-dealkylation sites (tertiary alicyclic amines) is 1. The summed E-state index contributed by atoms with van der Waals surface area (Å²) in [4.78, 5) is 49.1. The van der Waals surface area contributed by atoms with E-state index in [-0.39, 0.29) is 29.6 Å². The first-order valence-corrected chi connectivity index (χ1v) is 10.8. The third-order valence-electron chi connectivity index (χ3n) is 6.96. The van der Waals surface area contributed by atoms with Crippen LogP contribution < -0.4 is 5.32 Å². The van der Waals surface area contributed by atoms with Crippen molar-refractivity contribution in [2.75, 3.05) is 32.7 Å². The Balaban J connectivity index is 1.27. The molecule has 3 aliphatic rings. The zero-order valence-electron chi connectivity index (χ0n) is 17.2. The molecule has 0 radical (unpaired) electrons. The zero-order chi connectivity index (χ0) is 20.8. The van der Waals surface area contributed by atoms with Gasteiger partial charge in [-0.25, -0.2) is 4.98 Å². The summed E-state index contributed by atoms with van der Waals surface area (Å²) in [7, 11) is 0. The number of hydrogen-bond acceptors (Lipinski definition) is 4. The number of nitrogens with zero attached hydrogens (tertiary/aromatic N) is 3. The Kier molecular flexibility index (Phi) is 4.72. The first kappa shape index (κ1) is 19.1. The molecule has 8 nitrogen and oxygen atoms in total. The van der Waals surface area contributed by atoms with Gasteiger partial charge >= 0.3 is 0 Å². The van der Waals surface area contributed by atoms with E-state index < -0.39 is 0 Å². The number of aryl methyl sites for hydroxylation is 1. The van der Waals surface area contributed by atoms with Gasteiger partial charge < -0.3 is 20.1 Å². The van der Waals surface area contributed by atoms with Gasteiger partial charge in [-0.05, 0) is 49.8 Å². The Morgan fingerprint density at radius 3 is 2.90 bits per heavy atom. The summed E-state index contributed by atoms with van der Waals surface area (Å²) in [6.45, 7) is 4.85. The van der Waals surface area contributed by atoms with Gasteiger partial charge in [-0.15, -0.1) is 0 Å². The summed E-state index contributed by atoms with van der Waals surface area (Å²) in [6.07, 6.45) is 2.22. The lowest BCUT2D eigenvalue weighted by Crippen LogP contribution is -2.56. The summed E-state index contributed by atoms with van der Waals surface area (Å²) < 4.78 is 0. The molecule has 1 saturated carbocycles. The lowest BCUT2D eigenvalue weighted by atomic mass is 9.61. The fourth-order valence-corrected chi connectivity index (χ4v) is 5.23. The van der Waals surface area contributed by atoms with Crippen molar-refractivity contribution >= 4 is 28.8 Å². The molecule has 1 aliphatic carbocycles. The van der Waals surface area contributed by atoms with Gasteiger partial charge in [-0.1, -0.05) is 0 Å². The lowest BCUT2D eigenvalue weighted by Gasteiger charge is -2.51. The molecule has 30 heavy (non-hydrogen) atoms. The fourth-order valence-electron chi connectivity index (χ4n) is 5.23. The highest BCUT2D eigenvalue weighted by atomic mass is 16.2. The third-order valence-corrected chi connectivity index (χ3v) is 6.96. The van der Waals surface area contributed by atoms with Gasteiger partial charge in [0.15, 0.2) is 0 Å². The number of aromatic nitrogens is 2. The molecule has 2 aromatic rings.